The predicted octanol–water partition coefficient (Wildman–Crippen LogP) is 2.92. The zero-order valence-electron chi connectivity index (χ0n) is 13.7. The number of nitrogens with one attached hydrogen (secondary N) is 1. The smallest absolute Gasteiger partial charge is 0.221 e. The zero-order valence-corrected chi connectivity index (χ0v) is 14.5. The van der Waals surface area contributed by atoms with E-state index in [-0.39, 0.29) is 35.3 Å². The molecule has 2 aromatic rings. The maximum absolute atomic E-state index is 13.4. The number of aryl methyl sites for hydroxylation is 2. The van der Waals surface area contributed by atoms with Crippen molar-refractivity contribution in [1.82, 2.24) is 5.32 Å². The molecule has 2 aromatic carbocycles. The highest BCUT2D eigenvalue weighted by atomic mass is 32.2. The first kappa shape index (κ1) is 18.1. The van der Waals surface area contributed by atoms with Crippen LogP contribution >= 0.6 is 0 Å². The molecule has 0 aliphatic carbocycles. The lowest BCUT2D eigenvalue weighted by molar-refractivity contribution is -0.120. The maximum Gasteiger partial charge on any atom is 0.221 e. The molecule has 2 rings (SSSR count). The summed E-state index contributed by atoms with van der Waals surface area (Å²) < 4.78 is 37.8. The van der Waals surface area contributed by atoms with Crippen molar-refractivity contribution in [1.29, 1.82) is 0 Å². The van der Waals surface area contributed by atoms with Gasteiger partial charge in [-0.3, -0.25) is 4.79 Å². The minimum atomic E-state index is -3.49. The number of hydrogen-bond acceptors (Lipinski definition) is 3. The lowest BCUT2D eigenvalue weighted by atomic mass is 10.1. The van der Waals surface area contributed by atoms with Crippen LogP contribution in [0.25, 0.3) is 0 Å². The molecule has 24 heavy (non-hydrogen) atoms. The van der Waals surface area contributed by atoms with Gasteiger partial charge in [0.15, 0.2) is 9.84 Å². The van der Waals surface area contributed by atoms with E-state index in [2.05, 4.69) is 5.32 Å². The fourth-order valence-corrected chi connectivity index (χ4v) is 3.37. The molecule has 0 aliphatic heterocycles. The van der Waals surface area contributed by atoms with E-state index >= 15 is 0 Å². The van der Waals surface area contributed by atoms with Crippen molar-refractivity contribution in [3.05, 3.63) is 65.0 Å². The molecule has 0 saturated heterocycles. The molecule has 1 N–H and O–H groups in total. The first-order valence-corrected chi connectivity index (χ1v) is 9.24. The second kappa shape index (κ2) is 7.57. The van der Waals surface area contributed by atoms with Crippen LogP contribution in [0, 0.1) is 19.7 Å². The van der Waals surface area contributed by atoms with Crippen LogP contribution in [-0.4, -0.2) is 20.1 Å². The van der Waals surface area contributed by atoms with Crippen molar-refractivity contribution in [2.75, 3.05) is 5.75 Å². The largest absolute Gasteiger partial charge is 0.352 e. The average molecular weight is 349 g/mol. The van der Waals surface area contributed by atoms with Crippen LogP contribution < -0.4 is 5.32 Å². The van der Waals surface area contributed by atoms with E-state index in [4.69, 9.17) is 0 Å². The van der Waals surface area contributed by atoms with Gasteiger partial charge in [-0.05, 0) is 43.2 Å². The van der Waals surface area contributed by atoms with E-state index < -0.39 is 9.84 Å². The molecule has 128 valence electrons. The van der Waals surface area contributed by atoms with Crippen LogP contribution in [0.1, 0.15) is 23.1 Å². The molecule has 0 aliphatic rings. The molecule has 0 heterocycles. The highest BCUT2D eigenvalue weighted by Crippen LogP contribution is 2.13. The highest BCUT2D eigenvalue weighted by Gasteiger charge is 2.16. The second-order valence-electron chi connectivity index (χ2n) is 5.74. The third-order valence-electron chi connectivity index (χ3n) is 3.70. The fourth-order valence-electron chi connectivity index (χ4n) is 2.13. The van der Waals surface area contributed by atoms with Crippen molar-refractivity contribution in [3.63, 3.8) is 0 Å². The van der Waals surface area contributed by atoms with Crippen LogP contribution in [0.15, 0.2) is 47.4 Å². The number of benzene rings is 2. The molecule has 0 saturated carbocycles. The number of rotatable bonds is 6. The number of sulfone groups is 1. The van der Waals surface area contributed by atoms with Crippen LogP contribution in [0.2, 0.25) is 0 Å². The Hall–Kier alpha value is -2.21. The van der Waals surface area contributed by atoms with Gasteiger partial charge in [-0.15, -0.1) is 0 Å². The van der Waals surface area contributed by atoms with E-state index in [1.807, 2.05) is 6.92 Å². The van der Waals surface area contributed by atoms with Gasteiger partial charge in [0.25, 0.3) is 0 Å². The van der Waals surface area contributed by atoms with Crippen molar-refractivity contribution in [3.8, 4) is 0 Å². The van der Waals surface area contributed by atoms with Gasteiger partial charge in [-0.1, -0.05) is 29.8 Å². The number of hydrogen-bond donors (Lipinski definition) is 1. The monoisotopic (exact) mass is 349 g/mol. The molecule has 4 nitrogen and oxygen atoms in total. The number of amides is 1. The molecule has 0 aromatic heterocycles. The molecule has 0 spiro atoms. The Morgan fingerprint density at radius 1 is 1.08 bits per heavy atom. The zero-order chi connectivity index (χ0) is 17.7. The fraction of sp³-hybridized carbons (Fsp3) is 0.278. The van der Waals surface area contributed by atoms with Crippen LogP contribution in [0.3, 0.4) is 0 Å². The summed E-state index contributed by atoms with van der Waals surface area (Å²) >= 11 is 0. The summed E-state index contributed by atoms with van der Waals surface area (Å²) in [6.07, 6.45) is -0.134. The van der Waals surface area contributed by atoms with Gasteiger partial charge in [-0.25, -0.2) is 12.8 Å². The lowest BCUT2D eigenvalue weighted by Gasteiger charge is -2.07. The van der Waals surface area contributed by atoms with Gasteiger partial charge in [0, 0.05) is 13.0 Å². The van der Waals surface area contributed by atoms with Crippen LogP contribution in [0.5, 0.6) is 0 Å². The number of halogens is 1. The minimum Gasteiger partial charge on any atom is -0.352 e. The summed E-state index contributed by atoms with van der Waals surface area (Å²) in [7, 11) is -3.49. The van der Waals surface area contributed by atoms with Gasteiger partial charge in [0.2, 0.25) is 5.91 Å². The SMILES string of the molecule is Cc1ccc(S(=O)(=O)CCC(=O)NCc2ccc(C)c(F)c2)cc1. The van der Waals surface area contributed by atoms with Gasteiger partial charge < -0.3 is 5.32 Å². The molecular weight excluding hydrogens is 329 g/mol. The molecule has 0 atom stereocenters. The van der Waals surface area contributed by atoms with E-state index in [1.165, 1.54) is 18.2 Å². The van der Waals surface area contributed by atoms with Gasteiger partial charge >= 0.3 is 0 Å². The Bertz CT molecular complexity index is 830. The normalized spacial score (nSPS) is 11.3. The van der Waals surface area contributed by atoms with Crippen molar-refractivity contribution < 1.29 is 17.6 Å². The second-order valence-corrected chi connectivity index (χ2v) is 7.85. The third-order valence-corrected chi connectivity index (χ3v) is 5.44. The van der Waals surface area contributed by atoms with E-state index in [9.17, 15) is 17.6 Å². The summed E-state index contributed by atoms with van der Waals surface area (Å²) in [4.78, 5) is 12.0. The quantitative estimate of drug-likeness (QED) is 0.872. The lowest BCUT2D eigenvalue weighted by Crippen LogP contribution is -2.25. The topological polar surface area (TPSA) is 63.2 Å². The average Bonchev–Trinajstić information content (AvgIpc) is 2.54. The van der Waals surface area contributed by atoms with Gasteiger partial charge in [0.1, 0.15) is 5.82 Å². The van der Waals surface area contributed by atoms with E-state index in [1.54, 1.807) is 31.2 Å². The summed E-state index contributed by atoms with van der Waals surface area (Å²) in [5, 5.41) is 2.61. The Morgan fingerprint density at radius 3 is 2.38 bits per heavy atom. The maximum atomic E-state index is 13.4. The standard InChI is InChI=1S/C18H20FNO3S/c1-13-3-7-16(8-4-13)24(22,23)10-9-18(21)20-12-15-6-5-14(2)17(19)11-15/h3-8,11H,9-10,12H2,1-2H3,(H,20,21). The molecular formula is C18H20FNO3S. The molecule has 0 radical (unpaired) electrons. The summed E-state index contributed by atoms with van der Waals surface area (Å²) in [6, 6.07) is 11.2. The van der Waals surface area contributed by atoms with Gasteiger partial charge in [-0.2, -0.15) is 0 Å². The van der Waals surface area contributed by atoms with Gasteiger partial charge in [0.05, 0.1) is 10.6 Å². The number of carbonyl (C=O) groups excluding carboxylic acids is 1. The Morgan fingerprint density at radius 2 is 1.75 bits per heavy atom. The molecule has 0 bridgehead atoms. The first-order valence-electron chi connectivity index (χ1n) is 7.59. The predicted molar refractivity (Wildman–Crippen MR) is 90.8 cm³/mol. The Kier molecular flexibility index (Phi) is 5.72. The van der Waals surface area contributed by atoms with Crippen molar-refractivity contribution >= 4 is 15.7 Å². The summed E-state index contributed by atoms with van der Waals surface area (Å²) in [5.41, 5.74) is 2.14. The van der Waals surface area contributed by atoms with E-state index in [0.29, 0.717) is 11.1 Å². The van der Waals surface area contributed by atoms with E-state index in [0.717, 1.165) is 5.56 Å². The van der Waals surface area contributed by atoms with Crippen molar-refractivity contribution in [2.24, 2.45) is 0 Å². The molecule has 6 heteroatoms. The highest BCUT2D eigenvalue weighted by molar-refractivity contribution is 7.91. The van der Waals surface area contributed by atoms with Crippen LogP contribution in [0.4, 0.5) is 4.39 Å². The first-order chi connectivity index (χ1) is 11.3. The molecule has 1 amide bonds. The third kappa shape index (κ3) is 4.89. The summed E-state index contributed by atoms with van der Waals surface area (Å²) in [5.74, 6) is -0.972. The number of carbonyl (C=O) groups is 1. The molecule has 0 fully saturated rings. The Labute approximate surface area is 141 Å². The Balaban J connectivity index is 1.88. The minimum absolute atomic E-state index is 0.134. The van der Waals surface area contributed by atoms with Crippen LogP contribution in [-0.2, 0) is 21.2 Å². The summed E-state index contributed by atoms with van der Waals surface area (Å²) in [6.45, 7) is 3.70. The van der Waals surface area contributed by atoms with Crippen molar-refractivity contribution in [2.45, 2.75) is 31.7 Å². The molecule has 0 unspecified atom stereocenters.